The quantitative estimate of drug-likeness (QED) is 0.232. The van der Waals surface area contributed by atoms with Crippen molar-refractivity contribution < 1.29 is 19.1 Å². The Morgan fingerprint density at radius 2 is 1.09 bits per heavy atom. The third-order valence-electron chi connectivity index (χ3n) is 5.59. The fourth-order valence-corrected chi connectivity index (χ4v) is 3.88. The summed E-state index contributed by atoms with van der Waals surface area (Å²) < 4.78 is 10.6. The van der Waals surface area contributed by atoms with Gasteiger partial charge in [-0.2, -0.15) is 0 Å². The van der Waals surface area contributed by atoms with E-state index in [1.54, 1.807) is 0 Å². The summed E-state index contributed by atoms with van der Waals surface area (Å²) in [6.45, 7) is 4.33. The Bertz CT molecular complexity index is 686. The highest BCUT2D eigenvalue weighted by Gasteiger charge is 2.33. The van der Waals surface area contributed by atoms with Gasteiger partial charge >= 0.3 is 0 Å². The Labute approximate surface area is 202 Å². The molecule has 178 valence electrons. The first kappa shape index (κ1) is 26.5. The Balaban J connectivity index is 1.68. The van der Waals surface area contributed by atoms with E-state index >= 15 is 0 Å². The summed E-state index contributed by atoms with van der Waals surface area (Å²) in [6.07, 6.45) is 13.7. The van der Waals surface area contributed by atoms with Crippen LogP contribution in [0.3, 0.4) is 0 Å². The van der Waals surface area contributed by atoms with E-state index in [4.69, 9.17) is 33.9 Å². The second-order valence-electron chi connectivity index (χ2n) is 8.35. The average molecular weight is 481 g/mol. The monoisotopic (exact) mass is 480 g/mol. The second kappa shape index (κ2) is 14.4. The standard InChI is InChI=1S/C24H36N2O4S2/c1-3-5-7-9-11-13-19(27)21-17(15-29-21)25-23(31)24(32)26-18-16-30-22(18)20(28)14-12-10-8-6-4-2/h15-16,21-22H,3-14H2,1-2H3,(H,25,31)(H,26,32). The molecule has 0 aliphatic carbocycles. The summed E-state index contributed by atoms with van der Waals surface area (Å²) in [4.78, 5) is 25.3. The highest BCUT2D eigenvalue weighted by Crippen LogP contribution is 2.21. The van der Waals surface area contributed by atoms with Gasteiger partial charge in [0, 0.05) is 12.8 Å². The van der Waals surface area contributed by atoms with Gasteiger partial charge in [0.2, 0.25) is 0 Å². The molecule has 0 spiro atoms. The summed E-state index contributed by atoms with van der Waals surface area (Å²) in [6, 6.07) is 0. The summed E-state index contributed by atoms with van der Waals surface area (Å²) in [5.41, 5.74) is 1.24. The van der Waals surface area contributed by atoms with Crippen LogP contribution >= 0.6 is 24.4 Å². The lowest BCUT2D eigenvalue weighted by Gasteiger charge is -2.30. The molecule has 0 bridgehead atoms. The van der Waals surface area contributed by atoms with Crippen LogP contribution in [0.1, 0.15) is 90.9 Å². The van der Waals surface area contributed by atoms with Crippen molar-refractivity contribution in [3.63, 3.8) is 0 Å². The normalized spacial score (nSPS) is 18.7. The van der Waals surface area contributed by atoms with Crippen LogP contribution < -0.4 is 10.6 Å². The van der Waals surface area contributed by atoms with E-state index in [0.717, 1.165) is 38.5 Å². The summed E-state index contributed by atoms with van der Waals surface area (Å²) in [7, 11) is 0. The molecule has 0 radical (unpaired) electrons. The number of Topliss-reactive ketones (excluding diaryl/α,β-unsaturated/α-hetero) is 2. The van der Waals surface area contributed by atoms with Crippen molar-refractivity contribution >= 4 is 46.0 Å². The zero-order valence-electron chi connectivity index (χ0n) is 19.2. The number of carbonyl (C=O) groups excluding carboxylic acids is 2. The van der Waals surface area contributed by atoms with E-state index in [1.165, 1.54) is 38.2 Å². The maximum Gasteiger partial charge on any atom is 0.198 e. The zero-order valence-corrected chi connectivity index (χ0v) is 20.9. The fraction of sp³-hybridized carbons (Fsp3) is 0.667. The van der Waals surface area contributed by atoms with Crippen LogP contribution in [-0.4, -0.2) is 33.8 Å². The maximum absolute atomic E-state index is 12.4. The van der Waals surface area contributed by atoms with Crippen molar-refractivity contribution in [1.29, 1.82) is 0 Å². The zero-order chi connectivity index (χ0) is 23.3. The molecule has 2 atom stereocenters. The number of hydrogen-bond donors (Lipinski definition) is 2. The van der Waals surface area contributed by atoms with Crippen LogP contribution in [0.5, 0.6) is 0 Å². The van der Waals surface area contributed by atoms with Crippen molar-refractivity contribution in [2.45, 2.75) is 103 Å². The Hall–Kier alpha value is -1.80. The largest absolute Gasteiger partial charge is 0.482 e. The highest BCUT2D eigenvalue weighted by molar-refractivity contribution is 7.89. The van der Waals surface area contributed by atoms with E-state index in [9.17, 15) is 9.59 Å². The number of nitrogens with one attached hydrogen (secondary N) is 2. The Kier molecular flexibility index (Phi) is 11.9. The van der Waals surface area contributed by atoms with Gasteiger partial charge in [-0.1, -0.05) is 89.6 Å². The van der Waals surface area contributed by atoms with E-state index in [1.807, 2.05) is 0 Å². The molecular formula is C24H36N2O4S2. The fourth-order valence-electron chi connectivity index (χ4n) is 3.54. The van der Waals surface area contributed by atoms with Gasteiger partial charge in [0.15, 0.2) is 23.8 Å². The van der Waals surface area contributed by atoms with Gasteiger partial charge in [0.1, 0.15) is 22.5 Å². The molecule has 0 aromatic rings. The Morgan fingerprint density at radius 3 is 1.41 bits per heavy atom. The predicted molar refractivity (Wildman–Crippen MR) is 134 cm³/mol. The van der Waals surface area contributed by atoms with Crippen molar-refractivity contribution in [1.82, 2.24) is 10.6 Å². The molecule has 0 amide bonds. The molecule has 8 heteroatoms. The molecule has 2 unspecified atom stereocenters. The molecule has 2 heterocycles. The van der Waals surface area contributed by atoms with Crippen LogP contribution in [0, 0.1) is 0 Å². The lowest BCUT2D eigenvalue weighted by molar-refractivity contribution is -0.128. The molecule has 0 aromatic heterocycles. The minimum atomic E-state index is -0.602. The minimum Gasteiger partial charge on any atom is -0.482 e. The number of ketones is 2. The van der Waals surface area contributed by atoms with Crippen LogP contribution in [0.25, 0.3) is 0 Å². The van der Waals surface area contributed by atoms with Crippen molar-refractivity contribution in [3.05, 3.63) is 23.9 Å². The number of ether oxygens (including phenoxy) is 2. The van der Waals surface area contributed by atoms with Crippen LogP contribution in [0.2, 0.25) is 0 Å². The highest BCUT2D eigenvalue weighted by atomic mass is 32.1. The molecule has 2 aliphatic rings. The second-order valence-corrected chi connectivity index (χ2v) is 9.16. The maximum atomic E-state index is 12.4. The molecule has 2 aliphatic heterocycles. The van der Waals surface area contributed by atoms with Gasteiger partial charge in [-0.25, -0.2) is 0 Å². The van der Waals surface area contributed by atoms with E-state index < -0.39 is 12.2 Å². The predicted octanol–water partition coefficient (Wildman–Crippen LogP) is 5.16. The lowest BCUT2D eigenvalue weighted by atomic mass is 10.0. The summed E-state index contributed by atoms with van der Waals surface area (Å²) in [5.74, 6) is 0.0979. The SMILES string of the molecule is CCCCCCCC(=O)C1OC=C1NC(=S)C(=S)NC1=COC1C(=O)CCCCCCC. The first-order chi connectivity index (χ1) is 15.5. The van der Waals surface area contributed by atoms with Gasteiger partial charge < -0.3 is 20.1 Å². The number of unbranched alkanes of at least 4 members (excludes halogenated alkanes) is 8. The molecule has 6 nitrogen and oxygen atoms in total. The van der Waals surface area contributed by atoms with Crippen molar-refractivity contribution in [2.24, 2.45) is 0 Å². The molecule has 0 saturated carbocycles. The average Bonchev–Trinajstić information content (AvgIpc) is 2.73. The van der Waals surface area contributed by atoms with Crippen LogP contribution in [0.15, 0.2) is 23.9 Å². The van der Waals surface area contributed by atoms with Gasteiger partial charge in [-0.05, 0) is 12.8 Å². The van der Waals surface area contributed by atoms with Gasteiger partial charge in [0.25, 0.3) is 0 Å². The summed E-state index contributed by atoms with van der Waals surface area (Å²) in [5, 5.41) is 6.00. The number of hydrogen-bond acceptors (Lipinski definition) is 6. The van der Waals surface area contributed by atoms with E-state index in [0.29, 0.717) is 24.2 Å². The van der Waals surface area contributed by atoms with E-state index in [-0.39, 0.29) is 21.5 Å². The lowest BCUT2D eigenvalue weighted by Crippen LogP contribution is -2.47. The van der Waals surface area contributed by atoms with Crippen molar-refractivity contribution in [3.8, 4) is 0 Å². The summed E-state index contributed by atoms with van der Waals surface area (Å²) >= 11 is 10.7. The van der Waals surface area contributed by atoms with Gasteiger partial charge in [-0.15, -0.1) is 0 Å². The van der Waals surface area contributed by atoms with Gasteiger partial charge in [-0.3, -0.25) is 9.59 Å². The molecule has 2 rings (SSSR count). The molecule has 0 saturated heterocycles. The van der Waals surface area contributed by atoms with Gasteiger partial charge in [0.05, 0.1) is 11.4 Å². The number of rotatable bonds is 16. The smallest absolute Gasteiger partial charge is 0.198 e. The molecule has 0 aromatic carbocycles. The number of carbonyl (C=O) groups is 2. The Morgan fingerprint density at radius 1 is 0.719 bits per heavy atom. The first-order valence-corrected chi connectivity index (χ1v) is 12.7. The molecular weight excluding hydrogens is 444 g/mol. The number of thiocarbonyl (C=S) groups is 2. The third kappa shape index (κ3) is 8.28. The van der Waals surface area contributed by atoms with Crippen LogP contribution in [0.4, 0.5) is 0 Å². The molecule has 2 N–H and O–H groups in total. The molecule has 32 heavy (non-hydrogen) atoms. The van der Waals surface area contributed by atoms with Crippen molar-refractivity contribution in [2.75, 3.05) is 0 Å². The third-order valence-corrected chi connectivity index (χ3v) is 6.33. The minimum absolute atomic E-state index is 0.0490. The van der Waals surface area contributed by atoms with E-state index in [2.05, 4.69) is 24.5 Å². The van der Waals surface area contributed by atoms with Crippen LogP contribution in [-0.2, 0) is 19.1 Å². The topological polar surface area (TPSA) is 76.7 Å². The molecule has 0 fully saturated rings. The first-order valence-electron chi connectivity index (χ1n) is 11.9.